The number of allylic oxidation sites excluding steroid dienone is 2. The van der Waals surface area contributed by atoms with Crippen LogP contribution < -0.4 is 10.5 Å². The molecule has 0 bridgehead atoms. The number of hydrazine groups is 1. The van der Waals surface area contributed by atoms with Gasteiger partial charge in [-0.3, -0.25) is 5.01 Å². The molecule has 6 rings (SSSR count). The quantitative estimate of drug-likeness (QED) is 0.418. The van der Waals surface area contributed by atoms with Crippen molar-refractivity contribution in [2.24, 2.45) is 4.99 Å². The van der Waals surface area contributed by atoms with Gasteiger partial charge in [-0.05, 0) is 73.5 Å². The molecule has 0 unspecified atom stereocenters. The third-order valence-electron chi connectivity index (χ3n) is 6.52. The number of hydrogen-bond acceptors (Lipinski definition) is 8. The number of hydrogen-bond donors (Lipinski definition) is 1. The maximum absolute atomic E-state index is 13.2. The predicted molar refractivity (Wildman–Crippen MR) is 140 cm³/mol. The smallest absolute Gasteiger partial charge is 0.164 e. The first-order valence-electron chi connectivity index (χ1n) is 12.1. The van der Waals surface area contributed by atoms with E-state index in [1.807, 2.05) is 58.6 Å². The molecule has 37 heavy (non-hydrogen) atoms. The molecule has 2 aliphatic heterocycles. The number of rotatable bonds is 5. The van der Waals surface area contributed by atoms with Crippen LogP contribution in [0.4, 0.5) is 10.2 Å². The first-order valence-corrected chi connectivity index (χ1v) is 12.1. The van der Waals surface area contributed by atoms with Gasteiger partial charge in [0.2, 0.25) is 0 Å². The lowest BCUT2D eigenvalue weighted by atomic mass is 10.1. The Labute approximate surface area is 213 Å². The second-order valence-electron chi connectivity index (χ2n) is 8.84. The summed E-state index contributed by atoms with van der Waals surface area (Å²) in [6.45, 7) is 1.71. The van der Waals surface area contributed by atoms with Crippen molar-refractivity contribution in [3.63, 3.8) is 0 Å². The molecule has 1 saturated heterocycles. The number of aromatic nitrogens is 4. The topological polar surface area (TPSA) is 97.7 Å². The van der Waals surface area contributed by atoms with Crippen LogP contribution in [0.1, 0.15) is 18.9 Å². The molecule has 0 saturated carbocycles. The lowest BCUT2D eigenvalue weighted by Gasteiger charge is -2.36. The fourth-order valence-electron chi connectivity index (χ4n) is 4.65. The number of halogens is 1. The predicted octanol–water partition coefficient (Wildman–Crippen LogP) is 4.93. The van der Waals surface area contributed by atoms with Crippen molar-refractivity contribution in [1.29, 1.82) is 0 Å². The molecule has 186 valence electrons. The van der Waals surface area contributed by atoms with Gasteiger partial charge in [-0.1, -0.05) is 0 Å². The highest BCUT2D eigenvalue weighted by molar-refractivity contribution is 5.98. The normalized spacial score (nSPS) is 16.4. The molecule has 4 aromatic rings. The Bertz CT molecular complexity index is 1470. The Hall–Kier alpha value is -4.57. The van der Waals surface area contributed by atoms with Gasteiger partial charge in [0.15, 0.2) is 5.65 Å². The van der Waals surface area contributed by atoms with Crippen molar-refractivity contribution >= 4 is 23.2 Å². The van der Waals surface area contributed by atoms with Crippen LogP contribution in [0.25, 0.3) is 22.3 Å². The molecule has 0 atom stereocenters. The maximum atomic E-state index is 13.2. The highest BCUT2D eigenvalue weighted by atomic mass is 19.1. The van der Waals surface area contributed by atoms with Crippen LogP contribution >= 0.6 is 0 Å². The molecule has 0 radical (unpaired) electrons. The van der Waals surface area contributed by atoms with E-state index in [1.54, 1.807) is 18.3 Å². The van der Waals surface area contributed by atoms with E-state index >= 15 is 0 Å². The zero-order valence-electron chi connectivity index (χ0n) is 20.0. The van der Waals surface area contributed by atoms with Crippen LogP contribution in [0, 0.1) is 5.82 Å². The number of anilines is 1. The van der Waals surface area contributed by atoms with Crippen molar-refractivity contribution in [3.8, 4) is 22.8 Å². The molecule has 4 heterocycles. The van der Waals surface area contributed by atoms with E-state index in [-0.39, 0.29) is 11.9 Å². The molecule has 2 aliphatic rings. The summed E-state index contributed by atoms with van der Waals surface area (Å²) >= 11 is 0. The van der Waals surface area contributed by atoms with E-state index in [9.17, 15) is 4.39 Å². The first-order chi connectivity index (χ1) is 18.2. The second-order valence-corrected chi connectivity index (χ2v) is 8.84. The van der Waals surface area contributed by atoms with E-state index in [0.717, 1.165) is 48.2 Å². The Morgan fingerprint density at radius 2 is 1.65 bits per heavy atom. The minimum Gasteiger partial charge on any atom is -0.457 e. The van der Waals surface area contributed by atoms with Gasteiger partial charge >= 0.3 is 0 Å². The summed E-state index contributed by atoms with van der Waals surface area (Å²) < 4.78 is 21.0. The summed E-state index contributed by atoms with van der Waals surface area (Å²) in [5.41, 5.74) is 8.66. The minimum absolute atomic E-state index is 0.175. The summed E-state index contributed by atoms with van der Waals surface area (Å²) in [7, 11) is 0. The molecule has 2 aromatic heterocycles. The zero-order valence-corrected chi connectivity index (χ0v) is 20.0. The third kappa shape index (κ3) is 4.66. The number of nitrogens with two attached hydrogens (primary N) is 1. The number of benzene rings is 2. The van der Waals surface area contributed by atoms with Crippen molar-refractivity contribution in [2.45, 2.75) is 18.9 Å². The molecule has 1 fully saturated rings. The summed E-state index contributed by atoms with van der Waals surface area (Å²) in [5.74, 6) is 1.29. The third-order valence-corrected chi connectivity index (χ3v) is 6.52. The molecule has 0 amide bonds. The number of ether oxygens (including phenoxy) is 1. The summed E-state index contributed by atoms with van der Waals surface area (Å²) in [4.78, 5) is 13.1. The molecule has 0 spiro atoms. The fraction of sp³-hybridized carbons (Fsp3) is 0.185. The lowest BCUT2D eigenvalue weighted by Crippen LogP contribution is -2.44. The van der Waals surface area contributed by atoms with Crippen LogP contribution in [0.3, 0.4) is 0 Å². The average molecular weight is 497 g/mol. The van der Waals surface area contributed by atoms with E-state index in [4.69, 9.17) is 15.6 Å². The number of nitrogen functional groups attached to an aromatic ring is 1. The van der Waals surface area contributed by atoms with Crippen molar-refractivity contribution < 1.29 is 9.13 Å². The van der Waals surface area contributed by atoms with Gasteiger partial charge in [-0.25, -0.2) is 29.0 Å². The van der Waals surface area contributed by atoms with Crippen LogP contribution in [-0.2, 0) is 0 Å². The number of piperidine rings is 1. The number of aliphatic imine (C=N–C) groups is 1. The monoisotopic (exact) mass is 496 g/mol. The Morgan fingerprint density at radius 3 is 2.41 bits per heavy atom. The van der Waals surface area contributed by atoms with Gasteiger partial charge < -0.3 is 10.5 Å². The minimum atomic E-state index is -0.305. The maximum Gasteiger partial charge on any atom is 0.164 e. The van der Waals surface area contributed by atoms with Crippen molar-refractivity contribution in [3.05, 3.63) is 85.2 Å². The number of nitrogens with zero attached hydrogens (tertiary/aromatic N) is 7. The molecule has 0 aliphatic carbocycles. The highest BCUT2D eigenvalue weighted by Crippen LogP contribution is 2.35. The van der Waals surface area contributed by atoms with E-state index in [1.165, 1.54) is 18.5 Å². The zero-order chi connectivity index (χ0) is 25.2. The van der Waals surface area contributed by atoms with Gasteiger partial charge in [-0.2, -0.15) is 5.10 Å². The SMILES string of the molecule is Nc1ncnc2c1c(-c1ccc(Oc3ccc(F)cc3)cc1)nn2C1CCN(N2C=CC=CN=C2)CC1. The van der Waals surface area contributed by atoms with E-state index < -0.39 is 0 Å². The summed E-state index contributed by atoms with van der Waals surface area (Å²) in [6, 6.07) is 13.7. The molecular weight excluding hydrogens is 471 g/mol. The molecule has 9 nitrogen and oxygen atoms in total. The lowest BCUT2D eigenvalue weighted by molar-refractivity contribution is 0.0520. The van der Waals surface area contributed by atoms with Crippen LogP contribution in [0.5, 0.6) is 11.5 Å². The Morgan fingerprint density at radius 1 is 0.919 bits per heavy atom. The number of fused-ring (bicyclic) bond motifs is 1. The van der Waals surface area contributed by atoms with Gasteiger partial charge in [-0.15, -0.1) is 0 Å². The van der Waals surface area contributed by atoms with Gasteiger partial charge in [0.05, 0.1) is 11.4 Å². The molecular formula is C27H25FN8O. The van der Waals surface area contributed by atoms with Gasteiger partial charge in [0.1, 0.15) is 41.5 Å². The summed E-state index contributed by atoms with van der Waals surface area (Å²) in [5, 5.41) is 10.0. The highest BCUT2D eigenvalue weighted by Gasteiger charge is 2.27. The first kappa shape index (κ1) is 22.9. The van der Waals surface area contributed by atoms with Gasteiger partial charge in [0.25, 0.3) is 0 Å². The molecule has 2 N–H and O–H groups in total. The summed E-state index contributed by atoms with van der Waals surface area (Å²) in [6.07, 6.45) is 12.8. The van der Waals surface area contributed by atoms with Gasteiger partial charge in [0, 0.05) is 31.1 Å². The van der Waals surface area contributed by atoms with Crippen molar-refractivity contribution in [2.75, 3.05) is 18.8 Å². The largest absolute Gasteiger partial charge is 0.457 e. The molecule has 2 aromatic carbocycles. The molecule has 10 heteroatoms. The van der Waals surface area contributed by atoms with E-state index in [0.29, 0.717) is 17.3 Å². The average Bonchev–Trinajstić information content (AvgIpc) is 3.11. The van der Waals surface area contributed by atoms with Crippen LogP contribution in [0.2, 0.25) is 0 Å². The second kappa shape index (κ2) is 9.82. The van der Waals surface area contributed by atoms with Crippen LogP contribution in [-0.4, -0.2) is 49.2 Å². The van der Waals surface area contributed by atoms with Crippen LogP contribution in [0.15, 0.2) is 84.4 Å². The standard InChI is InChI=1S/C27H25FN8O/c28-20-5-9-23(10-6-20)37-22-7-3-19(4-8-22)25-24-26(29)31-17-32-27(24)36(33-25)21-11-15-34(16-12-21)35-14-2-1-13-30-18-35/h1-10,13-14,17-18,21H,11-12,15-16H2,(H2,29,31,32). The fourth-order valence-corrected chi connectivity index (χ4v) is 4.65. The van der Waals surface area contributed by atoms with E-state index in [2.05, 4.69) is 20.0 Å². The Balaban J connectivity index is 1.25. The van der Waals surface area contributed by atoms with Crippen molar-refractivity contribution in [1.82, 2.24) is 29.8 Å². The Kier molecular flexibility index (Phi) is 6.07.